The Bertz CT molecular complexity index is 131. The van der Waals surface area contributed by atoms with E-state index in [1.165, 1.54) is 38.5 Å². The van der Waals surface area contributed by atoms with Crippen molar-refractivity contribution in [2.45, 2.75) is 58.4 Å². The lowest BCUT2D eigenvalue weighted by molar-refractivity contribution is 0.340. The molecule has 1 heteroatoms. The molecule has 2 unspecified atom stereocenters. The fourth-order valence-corrected chi connectivity index (χ4v) is 2.60. The van der Waals surface area contributed by atoms with E-state index in [0.717, 1.165) is 17.9 Å². The summed E-state index contributed by atoms with van der Waals surface area (Å²) in [4.78, 5) is 0. The molecule has 1 aliphatic rings. The smallest absolute Gasteiger partial charge is 0.00667 e. The van der Waals surface area contributed by atoms with Crippen molar-refractivity contribution < 1.29 is 0 Å². The van der Waals surface area contributed by atoms with E-state index >= 15 is 0 Å². The van der Waals surface area contributed by atoms with Crippen molar-refractivity contribution in [3.8, 4) is 0 Å². The predicted molar refractivity (Wildman–Crippen MR) is 58.9 cm³/mol. The van der Waals surface area contributed by atoms with E-state index in [-0.39, 0.29) is 0 Å². The van der Waals surface area contributed by atoms with Crippen LogP contribution in [0.2, 0.25) is 0 Å². The molecule has 0 aromatic rings. The van der Waals surface area contributed by atoms with Crippen molar-refractivity contribution in [2.75, 3.05) is 7.05 Å². The van der Waals surface area contributed by atoms with Crippen LogP contribution in [-0.4, -0.2) is 13.1 Å². The second-order valence-electron chi connectivity index (χ2n) is 5.00. The minimum atomic E-state index is 0.797. The molecule has 1 aliphatic carbocycles. The second kappa shape index (κ2) is 5.64. The van der Waals surface area contributed by atoms with Crippen molar-refractivity contribution in [3.05, 3.63) is 0 Å². The molecule has 0 radical (unpaired) electrons. The third kappa shape index (κ3) is 4.12. The lowest BCUT2D eigenvalue weighted by atomic mass is 9.89. The van der Waals surface area contributed by atoms with Gasteiger partial charge in [-0.25, -0.2) is 0 Å². The highest BCUT2D eigenvalue weighted by molar-refractivity contribution is 4.75. The molecule has 0 aliphatic heterocycles. The van der Waals surface area contributed by atoms with Gasteiger partial charge in [0.2, 0.25) is 0 Å². The van der Waals surface area contributed by atoms with Gasteiger partial charge in [-0.15, -0.1) is 0 Å². The molecular weight excluding hydrogens is 158 g/mol. The van der Waals surface area contributed by atoms with Crippen molar-refractivity contribution in [2.24, 2.45) is 11.8 Å². The Labute approximate surface area is 83.3 Å². The van der Waals surface area contributed by atoms with Crippen LogP contribution in [-0.2, 0) is 0 Å². The first kappa shape index (κ1) is 11.0. The maximum Gasteiger partial charge on any atom is 0.00667 e. The molecule has 0 aromatic heterocycles. The molecule has 0 heterocycles. The van der Waals surface area contributed by atoms with Crippen LogP contribution >= 0.6 is 0 Å². The minimum Gasteiger partial charge on any atom is -0.317 e. The zero-order valence-corrected chi connectivity index (χ0v) is 9.47. The van der Waals surface area contributed by atoms with Crippen LogP contribution in [0, 0.1) is 11.8 Å². The molecule has 1 rings (SSSR count). The average molecular weight is 183 g/mol. The summed E-state index contributed by atoms with van der Waals surface area (Å²) in [6.07, 6.45) is 8.59. The number of nitrogens with one attached hydrogen (secondary N) is 1. The first-order valence-electron chi connectivity index (χ1n) is 5.89. The van der Waals surface area contributed by atoms with E-state index in [1.54, 1.807) is 0 Å². The molecule has 0 aromatic carbocycles. The predicted octanol–water partition coefficient (Wildman–Crippen LogP) is 3.20. The van der Waals surface area contributed by atoms with Crippen LogP contribution in [0.5, 0.6) is 0 Å². The Hall–Kier alpha value is -0.0400. The molecule has 0 spiro atoms. The van der Waals surface area contributed by atoms with Crippen LogP contribution < -0.4 is 5.32 Å². The van der Waals surface area contributed by atoms with E-state index in [2.05, 4.69) is 26.2 Å². The lowest BCUT2D eigenvalue weighted by Crippen LogP contribution is -2.26. The highest BCUT2D eigenvalue weighted by Crippen LogP contribution is 2.28. The average Bonchev–Trinajstić information content (AvgIpc) is 2.28. The summed E-state index contributed by atoms with van der Waals surface area (Å²) >= 11 is 0. The Kier molecular flexibility index (Phi) is 4.79. The first-order chi connectivity index (χ1) is 6.22. The van der Waals surface area contributed by atoms with Gasteiger partial charge in [-0.2, -0.15) is 0 Å². The van der Waals surface area contributed by atoms with Crippen LogP contribution in [0.25, 0.3) is 0 Å². The summed E-state index contributed by atoms with van der Waals surface area (Å²) in [5, 5.41) is 3.45. The number of hydrogen-bond acceptors (Lipinski definition) is 1. The molecule has 13 heavy (non-hydrogen) atoms. The maximum atomic E-state index is 3.45. The Balaban J connectivity index is 2.35. The van der Waals surface area contributed by atoms with Gasteiger partial charge in [-0.05, 0) is 38.1 Å². The SMILES string of the molecule is CNC1CCCCC(CC(C)C)C1. The highest BCUT2D eigenvalue weighted by atomic mass is 14.9. The molecule has 1 nitrogen and oxygen atoms in total. The molecule has 0 saturated heterocycles. The van der Waals surface area contributed by atoms with Crippen molar-refractivity contribution >= 4 is 0 Å². The maximum absolute atomic E-state index is 3.45. The fraction of sp³-hybridized carbons (Fsp3) is 1.00. The number of hydrogen-bond donors (Lipinski definition) is 1. The van der Waals surface area contributed by atoms with Crippen molar-refractivity contribution in [1.29, 1.82) is 0 Å². The molecule has 1 fully saturated rings. The Morgan fingerprint density at radius 2 is 1.92 bits per heavy atom. The van der Waals surface area contributed by atoms with Crippen LogP contribution in [0.3, 0.4) is 0 Å². The normalized spacial score (nSPS) is 30.5. The van der Waals surface area contributed by atoms with Gasteiger partial charge in [-0.1, -0.05) is 33.1 Å². The van der Waals surface area contributed by atoms with E-state index in [4.69, 9.17) is 0 Å². The molecule has 78 valence electrons. The van der Waals surface area contributed by atoms with Gasteiger partial charge in [0.1, 0.15) is 0 Å². The quantitative estimate of drug-likeness (QED) is 0.663. The Morgan fingerprint density at radius 3 is 2.54 bits per heavy atom. The molecule has 0 bridgehead atoms. The summed E-state index contributed by atoms with van der Waals surface area (Å²) in [5.74, 6) is 1.86. The van der Waals surface area contributed by atoms with Crippen molar-refractivity contribution in [3.63, 3.8) is 0 Å². The van der Waals surface area contributed by atoms with E-state index < -0.39 is 0 Å². The van der Waals surface area contributed by atoms with Gasteiger partial charge >= 0.3 is 0 Å². The molecule has 2 atom stereocenters. The van der Waals surface area contributed by atoms with Gasteiger partial charge < -0.3 is 5.32 Å². The molecule has 1 saturated carbocycles. The first-order valence-corrected chi connectivity index (χ1v) is 5.89. The summed E-state index contributed by atoms with van der Waals surface area (Å²) < 4.78 is 0. The van der Waals surface area contributed by atoms with Crippen LogP contribution in [0.4, 0.5) is 0 Å². The topological polar surface area (TPSA) is 12.0 Å². The number of rotatable bonds is 3. The van der Waals surface area contributed by atoms with Crippen molar-refractivity contribution in [1.82, 2.24) is 5.32 Å². The van der Waals surface area contributed by atoms with E-state index in [0.29, 0.717) is 0 Å². The highest BCUT2D eigenvalue weighted by Gasteiger charge is 2.19. The summed E-state index contributed by atoms with van der Waals surface area (Å²) in [5.41, 5.74) is 0. The monoisotopic (exact) mass is 183 g/mol. The van der Waals surface area contributed by atoms with Gasteiger partial charge in [0.05, 0.1) is 0 Å². The molecule has 1 N–H and O–H groups in total. The summed E-state index contributed by atoms with van der Waals surface area (Å²) in [6.45, 7) is 4.69. The Morgan fingerprint density at radius 1 is 1.23 bits per heavy atom. The summed E-state index contributed by atoms with van der Waals surface area (Å²) in [6, 6.07) is 0.797. The van der Waals surface area contributed by atoms with E-state index in [1.807, 2.05) is 0 Å². The van der Waals surface area contributed by atoms with Crippen LogP contribution in [0.15, 0.2) is 0 Å². The van der Waals surface area contributed by atoms with Gasteiger partial charge in [-0.3, -0.25) is 0 Å². The lowest BCUT2D eigenvalue weighted by Gasteiger charge is -2.20. The van der Waals surface area contributed by atoms with E-state index in [9.17, 15) is 0 Å². The molecular formula is C12H25N. The molecule has 0 amide bonds. The fourth-order valence-electron chi connectivity index (χ4n) is 2.60. The van der Waals surface area contributed by atoms with Crippen LogP contribution in [0.1, 0.15) is 52.4 Å². The third-order valence-corrected chi connectivity index (χ3v) is 3.25. The largest absolute Gasteiger partial charge is 0.317 e. The standard InChI is InChI=1S/C12H25N/c1-10(2)8-11-6-4-5-7-12(9-11)13-3/h10-13H,4-9H2,1-3H3. The third-order valence-electron chi connectivity index (χ3n) is 3.25. The zero-order valence-electron chi connectivity index (χ0n) is 9.47. The van der Waals surface area contributed by atoms with Gasteiger partial charge in [0, 0.05) is 6.04 Å². The summed E-state index contributed by atoms with van der Waals surface area (Å²) in [7, 11) is 2.11. The minimum absolute atomic E-state index is 0.797. The van der Waals surface area contributed by atoms with Gasteiger partial charge in [0.15, 0.2) is 0 Å². The van der Waals surface area contributed by atoms with Gasteiger partial charge in [0.25, 0.3) is 0 Å². The second-order valence-corrected chi connectivity index (χ2v) is 5.00. The zero-order chi connectivity index (χ0) is 9.68.